The number of aryl methyl sites for hydroxylation is 1. The van der Waals surface area contributed by atoms with E-state index < -0.39 is 27.9 Å². The number of nitrogens with zero attached hydrogens (tertiary/aromatic N) is 1. The smallest absolute Gasteiger partial charge is 0.252 e. The Morgan fingerprint density at radius 2 is 1.47 bits per heavy atom. The summed E-state index contributed by atoms with van der Waals surface area (Å²) in [5.74, 6) is -0.943. The van der Waals surface area contributed by atoms with Crippen LogP contribution in [0.4, 0.5) is 5.69 Å². The molecule has 178 valence electrons. The van der Waals surface area contributed by atoms with Gasteiger partial charge in [-0.15, -0.1) is 0 Å². The number of rotatable bonds is 9. The summed E-state index contributed by atoms with van der Waals surface area (Å²) >= 11 is 0. The Kier molecular flexibility index (Phi) is 8.20. The summed E-state index contributed by atoms with van der Waals surface area (Å²) in [6, 6.07) is 21.4. The third-order valence-electron chi connectivity index (χ3n) is 5.51. The first-order chi connectivity index (χ1) is 16.3. The lowest BCUT2D eigenvalue weighted by Crippen LogP contribution is -2.37. The molecule has 2 amide bonds. The van der Waals surface area contributed by atoms with Crippen molar-refractivity contribution in [2.75, 3.05) is 18.4 Å². The van der Waals surface area contributed by atoms with Gasteiger partial charge in [-0.3, -0.25) is 9.59 Å². The Morgan fingerprint density at radius 1 is 0.882 bits per heavy atom. The van der Waals surface area contributed by atoms with Gasteiger partial charge in [-0.2, -0.15) is 4.31 Å². The summed E-state index contributed by atoms with van der Waals surface area (Å²) in [6.45, 7) is 5.90. The maximum Gasteiger partial charge on any atom is 0.252 e. The predicted molar refractivity (Wildman–Crippen MR) is 133 cm³/mol. The van der Waals surface area contributed by atoms with Crippen LogP contribution in [0.5, 0.6) is 0 Å². The van der Waals surface area contributed by atoms with E-state index in [0.717, 1.165) is 0 Å². The monoisotopic (exact) mass is 479 g/mol. The molecule has 1 atom stereocenters. The number of benzene rings is 3. The van der Waals surface area contributed by atoms with Crippen molar-refractivity contribution in [3.8, 4) is 0 Å². The quantitative estimate of drug-likeness (QED) is 0.482. The lowest BCUT2D eigenvalue weighted by Gasteiger charge is -2.21. The number of nitrogens with one attached hydrogen (secondary N) is 2. The van der Waals surface area contributed by atoms with Crippen molar-refractivity contribution in [3.05, 3.63) is 95.6 Å². The Bertz CT molecular complexity index is 1240. The lowest BCUT2D eigenvalue weighted by atomic mass is 10.0. The SMILES string of the molecule is CCN(CC)S(=O)(=O)c1ccc(C)c(C(=O)NC(C(=O)Nc2ccccc2)c2ccccc2)c1. The Morgan fingerprint density at radius 3 is 2.06 bits per heavy atom. The summed E-state index contributed by atoms with van der Waals surface area (Å²) in [5, 5.41) is 5.61. The summed E-state index contributed by atoms with van der Waals surface area (Å²) < 4.78 is 27.3. The highest BCUT2D eigenvalue weighted by atomic mass is 32.2. The molecule has 0 radical (unpaired) electrons. The van der Waals surface area contributed by atoms with Crippen LogP contribution in [0.3, 0.4) is 0 Å². The minimum absolute atomic E-state index is 0.0388. The molecule has 0 aromatic heterocycles. The zero-order valence-corrected chi connectivity index (χ0v) is 20.3. The van der Waals surface area contributed by atoms with Gasteiger partial charge >= 0.3 is 0 Å². The number of hydrogen-bond donors (Lipinski definition) is 2. The maximum atomic E-state index is 13.3. The van der Waals surface area contributed by atoms with Gasteiger partial charge in [-0.05, 0) is 42.3 Å². The molecule has 0 saturated heterocycles. The molecule has 3 aromatic rings. The van der Waals surface area contributed by atoms with Gasteiger partial charge in [0.2, 0.25) is 10.0 Å². The van der Waals surface area contributed by atoms with E-state index in [9.17, 15) is 18.0 Å². The Hall–Kier alpha value is -3.49. The van der Waals surface area contributed by atoms with E-state index >= 15 is 0 Å². The number of amides is 2. The number of anilines is 1. The van der Waals surface area contributed by atoms with Crippen LogP contribution in [-0.2, 0) is 14.8 Å². The molecule has 3 rings (SSSR count). The zero-order chi connectivity index (χ0) is 24.7. The van der Waals surface area contributed by atoms with Gasteiger partial charge in [0.05, 0.1) is 4.90 Å². The number of carbonyl (C=O) groups is 2. The average molecular weight is 480 g/mol. The van der Waals surface area contributed by atoms with Crippen molar-refractivity contribution in [2.24, 2.45) is 0 Å². The van der Waals surface area contributed by atoms with E-state index in [0.29, 0.717) is 29.9 Å². The van der Waals surface area contributed by atoms with Gasteiger partial charge in [0.15, 0.2) is 0 Å². The summed E-state index contributed by atoms with van der Waals surface area (Å²) in [7, 11) is -3.74. The van der Waals surface area contributed by atoms with Crippen LogP contribution in [0.1, 0.15) is 41.4 Å². The van der Waals surface area contributed by atoms with Crippen molar-refractivity contribution in [3.63, 3.8) is 0 Å². The fraction of sp³-hybridized carbons (Fsp3) is 0.231. The van der Waals surface area contributed by atoms with Crippen LogP contribution in [0.15, 0.2) is 83.8 Å². The molecule has 0 heterocycles. The van der Waals surface area contributed by atoms with E-state index in [4.69, 9.17) is 0 Å². The third kappa shape index (κ3) is 5.70. The number of carbonyl (C=O) groups excluding carboxylic acids is 2. The third-order valence-corrected chi connectivity index (χ3v) is 7.55. The first-order valence-electron chi connectivity index (χ1n) is 11.1. The highest BCUT2D eigenvalue weighted by Gasteiger charge is 2.27. The van der Waals surface area contributed by atoms with Gasteiger partial charge in [-0.25, -0.2) is 8.42 Å². The van der Waals surface area contributed by atoms with Crippen LogP contribution in [0, 0.1) is 6.92 Å². The van der Waals surface area contributed by atoms with Crippen LogP contribution in [0.2, 0.25) is 0 Å². The number of hydrogen-bond acceptors (Lipinski definition) is 4. The predicted octanol–water partition coefficient (Wildman–Crippen LogP) is 4.14. The highest BCUT2D eigenvalue weighted by Crippen LogP contribution is 2.22. The van der Waals surface area contributed by atoms with Gasteiger partial charge in [0.25, 0.3) is 11.8 Å². The molecule has 2 N–H and O–H groups in total. The molecule has 0 aliphatic heterocycles. The normalized spacial score (nSPS) is 12.2. The van der Waals surface area contributed by atoms with Crippen LogP contribution in [-0.4, -0.2) is 37.6 Å². The zero-order valence-electron chi connectivity index (χ0n) is 19.5. The second-order valence-corrected chi connectivity index (χ2v) is 9.68. The van der Waals surface area contributed by atoms with E-state index in [1.165, 1.54) is 16.4 Å². The Labute approximate surface area is 200 Å². The molecule has 0 spiro atoms. The molecule has 0 saturated carbocycles. The first kappa shape index (κ1) is 25.1. The maximum absolute atomic E-state index is 13.3. The van der Waals surface area contributed by atoms with Crippen molar-refractivity contribution in [1.29, 1.82) is 0 Å². The summed E-state index contributed by atoms with van der Waals surface area (Å²) in [6.07, 6.45) is 0. The molecule has 8 heteroatoms. The molecular weight excluding hydrogens is 450 g/mol. The fourth-order valence-electron chi connectivity index (χ4n) is 3.61. The molecule has 0 bridgehead atoms. The molecule has 7 nitrogen and oxygen atoms in total. The first-order valence-corrected chi connectivity index (χ1v) is 12.5. The van der Waals surface area contributed by atoms with Crippen molar-refractivity contribution >= 4 is 27.5 Å². The Balaban J connectivity index is 1.93. The minimum Gasteiger partial charge on any atom is -0.336 e. The summed E-state index contributed by atoms with van der Waals surface area (Å²) in [5.41, 5.74) is 2.01. The molecule has 34 heavy (non-hydrogen) atoms. The van der Waals surface area contributed by atoms with Crippen LogP contribution < -0.4 is 10.6 Å². The molecule has 0 aliphatic carbocycles. The van der Waals surface area contributed by atoms with E-state index in [1.807, 2.05) is 12.1 Å². The number of para-hydroxylation sites is 1. The van der Waals surface area contributed by atoms with Gasteiger partial charge in [0, 0.05) is 24.3 Å². The van der Waals surface area contributed by atoms with E-state index in [-0.39, 0.29) is 10.5 Å². The van der Waals surface area contributed by atoms with Crippen LogP contribution >= 0.6 is 0 Å². The van der Waals surface area contributed by atoms with E-state index in [2.05, 4.69) is 10.6 Å². The fourth-order valence-corrected chi connectivity index (χ4v) is 5.09. The standard InChI is InChI=1S/C26H29N3O4S/c1-4-29(5-2)34(32,33)22-17-16-19(3)23(18-22)25(30)28-24(20-12-8-6-9-13-20)26(31)27-21-14-10-7-11-15-21/h6-18,24H,4-5H2,1-3H3,(H,27,31)(H,28,30). The average Bonchev–Trinajstić information content (AvgIpc) is 2.84. The van der Waals surface area contributed by atoms with Gasteiger partial charge in [0.1, 0.15) is 6.04 Å². The minimum atomic E-state index is -3.74. The van der Waals surface area contributed by atoms with Gasteiger partial charge in [-0.1, -0.05) is 68.4 Å². The van der Waals surface area contributed by atoms with Crippen molar-refractivity contribution < 1.29 is 18.0 Å². The molecule has 0 aliphatic rings. The topological polar surface area (TPSA) is 95.6 Å². The largest absolute Gasteiger partial charge is 0.336 e. The van der Waals surface area contributed by atoms with Crippen LogP contribution in [0.25, 0.3) is 0 Å². The summed E-state index contributed by atoms with van der Waals surface area (Å²) in [4.78, 5) is 26.5. The second kappa shape index (κ2) is 11.1. The van der Waals surface area contributed by atoms with E-state index in [1.54, 1.807) is 75.4 Å². The lowest BCUT2D eigenvalue weighted by molar-refractivity contribution is -0.118. The number of sulfonamides is 1. The second-order valence-electron chi connectivity index (χ2n) is 7.74. The molecule has 3 aromatic carbocycles. The molecular formula is C26H29N3O4S. The van der Waals surface area contributed by atoms with Gasteiger partial charge < -0.3 is 10.6 Å². The molecule has 1 unspecified atom stereocenters. The van der Waals surface area contributed by atoms with Crippen molar-refractivity contribution in [1.82, 2.24) is 9.62 Å². The van der Waals surface area contributed by atoms with Crippen molar-refractivity contribution in [2.45, 2.75) is 31.7 Å². The molecule has 0 fully saturated rings. The highest BCUT2D eigenvalue weighted by molar-refractivity contribution is 7.89.